The minimum Gasteiger partial charge on any atom is -0.206 e. The molecule has 1 rings (SSSR count). The zero-order valence-electron chi connectivity index (χ0n) is 8.78. The molecule has 0 aliphatic rings. The van der Waals surface area contributed by atoms with Gasteiger partial charge in [0.1, 0.15) is 5.82 Å². The van der Waals surface area contributed by atoms with Crippen LogP contribution in [0.25, 0.3) is 0 Å². The van der Waals surface area contributed by atoms with Crippen molar-refractivity contribution in [3.8, 4) is 0 Å². The summed E-state index contributed by atoms with van der Waals surface area (Å²) in [5, 5.41) is 0. The highest BCUT2D eigenvalue weighted by molar-refractivity contribution is 9.09. The molecule has 0 saturated carbocycles. The number of rotatable bonds is 2. The van der Waals surface area contributed by atoms with Crippen molar-refractivity contribution in [2.75, 3.05) is 0 Å². The Labute approximate surface area is 99.8 Å². The lowest BCUT2D eigenvalue weighted by molar-refractivity contribution is -0.140. The number of benzene rings is 1. The minimum absolute atomic E-state index is 0.0446. The molecule has 16 heavy (non-hydrogen) atoms. The van der Waals surface area contributed by atoms with Crippen LogP contribution in [-0.2, 0) is 6.18 Å². The molecule has 5 heteroatoms. The van der Waals surface area contributed by atoms with Gasteiger partial charge in [0.25, 0.3) is 0 Å². The van der Waals surface area contributed by atoms with E-state index in [1.54, 1.807) is 0 Å². The Morgan fingerprint density at radius 1 is 1.19 bits per heavy atom. The summed E-state index contributed by atoms with van der Waals surface area (Å²) in [7, 11) is 0. The highest BCUT2D eigenvalue weighted by Gasteiger charge is 2.34. The molecular weight excluding hydrogens is 288 g/mol. The van der Waals surface area contributed by atoms with Gasteiger partial charge in [-0.25, -0.2) is 4.39 Å². The average molecular weight is 299 g/mol. The molecule has 0 saturated heterocycles. The van der Waals surface area contributed by atoms with Gasteiger partial charge in [0, 0.05) is 4.83 Å². The highest BCUT2D eigenvalue weighted by Crippen LogP contribution is 2.33. The first kappa shape index (κ1) is 13.5. The second-order valence-electron chi connectivity index (χ2n) is 3.70. The summed E-state index contributed by atoms with van der Waals surface area (Å²) in [5.74, 6) is -1.26. The average Bonchev–Trinajstić information content (AvgIpc) is 2.14. The molecule has 0 aliphatic heterocycles. The van der Waals surface area contributed by atoms with Crippen LogP contribution in [0, 0.1) is 5.82 Å². The van der Waals surface area contributed by atoms with Gasteiger partial charge < -0.3 is 0 Å². The first-order valence-electron chi connectivity index (χ1n) is 4.74. The first-order valence-corrected chi connectivity index (χ1v) is 5.65. The minimum atomic E-state index is -4.63. The fourth-order valence-corrected chi connectivity index (χ4v) is 1.61. The Kier molecular flexibility index (Phi) is 3.99. The number of halogens is 5. The molecule has 0 fully saturated rings. The first-order chi connectivity index (χ1) is 7.23. The monoisotopic (exact) mass is 298 g/mol. The van der Waals surface area contributed by atoms with Crippen molar-refractivity contribution in [3.63, 3.8) is 0 Å². The van der Waals surface area contributed by atoms with Crippen LogP contribution in [0.1, 0.15) is 30.9 Å². The molecule has 2 unspecified atom stereocenters. The molecule has 0 N–H and O–H groups in total. The smallest absolute Gasteiger partial charge is 0.206 e. The van der Waals surface area contributed by atoms with Crippen molar-refractivity contribution in [3.05, 3.63) is 35.1 Å². The van der Waals surface area contributed by atoms with Crippen LogP contribution in [0.4, 0.5) is 17.6 Å². The summed E-state index contributed by atoms with van der Waals surface area (Å²) in [5.41, 5.74) is -0.666. The Morgan fingerprint density at radius 2 is 1.75 bits per heavy atom. The topological polar surface area (TPSA) is 0 Å². The van der Waals surface area contributed by atoms with Gasteiger partial charge in [-0.2, -0.15) is 13.2 Å². The van der Waals surface area contributed by atoms with Crippen LogP contribution in [-0.4, -0.2) is 4.83 Å². The Bertz CT molecular complexity index is 371. The third-order valence-electron chi connectivity index (χ3n) is 2.51. The van der Waals surface area contributed by atoms with E-state index in [2.05, 4.69) is 15.9 Å². The molecule has 1 aromatic carbocycles. The normalized spacial score (nSPS) is 15.9. The Balaban J connectivity index is 3.09. The van der Waals surface area contributed by atoms with E-state index in [1.807, 2.05) is 13.8 Å². The van der Waals surface area contributed by atoms with E-state index in [0.717, 1.165) is 12.1 Å². The summed E-state index contributed by atoms with van der Waals surface area (Å²) in [4.78, 5) is 0.0728. The van der Waals surface area contributed by atoms with E-state index >= 15 is 0 Å². The number of hydrogen-bond donors (Lipinski definition) is 0. The maximum atomic E-state index is 13.2. The summed E-state index contributed by atoms with van der Waals surface area (Å²) < 4.78 is 50.1. The van der Waals surface area contributed by atoms with Gasteiger partial charge in [0.15, 0.2) is 0 Å². The molecule has 0 spiro atoms. The molecule has 2 atom stereocenters. The Morgan fingerprint density at radius 3 is 2.12 bits per heavy atom. The maximum absolute atomic E-state index is 13.2. The number of alkyl halides is 4. The van der Waals surface area contributed by atoms with E-state index in [1.165, 1.54) is 6.07 Å². The SMILES string of the molecule is CC(Br)C(C)c1ccc(C(F)(F)F)c(F)c1. The van der Waals surface area contributed by atoms with Crippen molar-refractivity contribution in [2.45, 2.75) is 30.8 Å². The molecule has 0 nitrogen and oxygen atoms in total. The van der Waals surface area contributed by atoms with Crippen LogP contribution in [0.5, 0.6) is 0 Å². The molecule has 0 bridgehead atoms. The van der Waals surface area contributed by atoms with E-state index in [0.29, 0.717) is 5.56 Å². The second-order valence-corrected chi connectivity index (χ2v) is 5.15. The predicted molar refractivity (Wildman–Crippen MR) is 58.2 cm³/mol. The second kappa shape index (κ2) is 4.73. The van der Waals surface area contributed by atoms with Crippen LogP contribution >= 0.6 is 15.9 Å². The van der Waals surface area contributed by atoms with Gasteiger partial charge in [0.05, 0.1) is 5.56 Å². The van der Waals surface area contributed by atoms with E-state index in [4.69, 9.17) is 0 Å². The molecule has 0 aliphatic carbocycles. The standard InChI is InChI=1S/C11H11BrF4/c1-6(7(2)12)8-3-4-9(10(13)5-8)11(14,15)16/h3-7H,1-2H3. The molecule has 90 valence electrons. The summed E-state index contributed by atoms with van der Waals surface area (Å²) >= 11 is 3.31. The summed E-state index contributed by atoms with van der Waals surface area (Å²) in [6, 6.07) is 3.05. The number of hydrogen-bond acceptors (Lipinski definition) is 0. The molecule has 0 aromatic heterocycles. The van der Waals surface area contributed by atoms with Crippen molar-refractivity contribution in [2.24, 2.45) is 0 Å². The fraction of sp³-hybridized carbons (Fsp3) is 0.455. The zero-order chi connectivity index (χ0) is 12.5. The van der Waals surface area contributed by atoms with Gasteiger partial charge in [-0.1, -0.05) is 35.8 Å². The molecular formula is C11H11BrF4. The molecule has 1 aromatic rings. The van der Waals surface area contributed by atoms with Gasteiger partial charge in [-0.15, -0.1) is 0 Å². The van der Waals surface area contributed by atoms with Crippen molar-refractivity contribution in [1.29, 1.82) is 0 Å². The van der Waals surface area contributed by atoms with E-state index in [-0.39, 0.29) is 10.7 Å². The van der Waals surface area contributed by atoms with Gasteiger partial charge in [-0.05, 0) is 23.6 Å². The zero-order valence-corrected chi connectivity index (χ0v) is 10.4. The molecule has 0 radical (unpaired) electrons. The highest BCUT2D eigenvalue weighted by atomic mass is 79.9. The molecule has 0 amide bonds. The van der Waals surface area contributed by atoms with Crippen LogP contribution in [0.3, 0.4) is 0 Å². The van der Waals surface area contributed by atoms with E-state index in [9.17, 15) is 17.6 Å². The summed E-state index contributed by atoms with van der Waals surface area (Å²) in [6.07, 6.45) is -4.63. The largest absolute Gasteiger partial charge is 0.419 e. The van der Waals surface area contributed by atoms with Gasteiger partial charge in [0.2, 0.25) is 0 Å². The van der Waals surface area contributed by atoms with Crippen LogP contribution in [0.2, 0.25) is 0 Å². The van der Waals surface area contributed by atoms with Gasteiger partial charge >= 0.3 is 6.18 Å². The quantitative estimate of drug-likeness (QED) is 0.547. The van der Waals surface area contributed by atoms with E-state index < -0.39 is 17.6 Å². The van der Waals surface area contributed by atoms with Crippen molar-refractivity contribution >= 4 is 15.9 Å². The van der Waals surface area contributed by atoms with Crippen LogP contribution < -0.4 is 0 Å². The predicted octanol–water partition coefficient (Wildman–Crippen LogP) is 4.73. The van der Waals surface area contributed by atoms with Crippen LogP contribution in [0.15, 0.2) is 18.2 Å². The van der Waals surface area contributed by atoms with Gasteiger partial charge in [-0.3, -0.25) is 0 Å². The lowest BCUT2D eigenvalue weighted by Gasteiger charge is -2.16. The lowest BCUT2D eigenvalue weighted by atomic mass is 9.97. The van der Waals surface area contributed by atoms with Crippen molar-refractivity contribution < 1.29 is 17.6 Å². The third-order valence-corrected chi connectivity index (χ3v) is 3.31. The maximum Gasteiger partial charge on any atom is 0.419 e. The summed E-state index contributed by atoms with van der Waals surface area (Å²) in [6.45, 7) is 3.68. The van der Waals surface area contributed by atoms with Crippen molar-refractivity contribution in [1.82, 2.24) is 0 Å². The third kappa shape index (κ3) is 2.97. The lowest BCUT2D eigenvalue weighted by Crippen LogP contribution is -2.10. The molecule has 0 heterocycles. The Hall–Kier alpha value is -0.580. The fourth-order valence-electron chi connectivity index (χ4n) is 1.31.